The molecule has 2 atom stereocenters. The van der Waals surface area contributed by atoms with Crippen molar-refractivity contribution in [3.8, 4) is 0 Å². The maximum absolute atomic E-state index is 13.7. The van der Waals surface area contributed by atoms with Crippen LogP contribution in [0.2, 0.25) is 0 Å². The molecule has 4 heteroatoms. The lowest BCUT2D eigenvalue weighted by Crippen LogP contribution is -2.40. The van der Waals surface area contributed by atoms with Gasteiger partial charge in [-0.2, -0.15) is 0 Å². The summed E-state index contributed by atoms with van der Waals surface area (Å²) in [6, 6.07) is 7.57. The van der Waals surface area contributed by atoms with Gasteiger partial charge in [-0.15, -0.1) is 0 Å². The van der Waals surface area contributed by atoms with Crippen LogP contribution in [0.1, 0.15) is 56.4 Å². The van der Waals surface area contributed by atoms with E-state index in [0.717, 1.165) is 12.0 Å². The van der Waals surface area contributed by atoms with Crippen molar-refractivity contribution in [2.45, 2.75) is 62.9 Å². The molecule has 0 heterocycles. The summed E-state index contributed by atoms with van der Waals surface area (Å²) in [4.78, 5) is 4.53. The molecule has 21 heavy (non-hydrogen) atoms. The van der Waals surface area contributed by atoms with Gasteiger partial charge in [-0.25, -0.2) is 9.38 Å². The van der Waals surface area contributed by atoms with E-state index in [1.54, 1.807) is 6.07 Å². The summed E-state index contributed by atoms with van der Waals surface area (Å²) in [5.41, 5.74) is 6.79. The summed E-state index contributed by atoms with van der Waals surface area (Å²) in [6.45, 7) is 0. The molecule has 1 aromatic carbocycles. The third-order valence-corrected chi connectivity index (χ3v) is 4.57. The predicted octanol–water partition coefficient (Wildman–Crippen LogP) is 3.31. The van der Waals surface area contributed by atoms with Crippen LogP contribution in [0.25, 0.3) is 0 Å². The SMILES string of the molecule is NC(=NC1CC1c1ccccc1F)NC1CCCCCC1. The zero-order valence-corrected chi connectivity index (χ0v) is 12.4. The Hall–Kier alpha value is -1.58. The van der Waals surface area contributed by atoms with E-state index in [9.17, 15) is 4.39 Å². The number of halogens is 1. The second-order valence-corrected chi connectivity index (χ2v) is 6.28. The Morgan fingerprint density at radius 3 is 2.57 bits per heavy atom. The average molecular weight is 289 g/mol. The highest BCUT2D eigenvalue weighted by atomic mass is 19.1. The molecule has 0 aromatic heterocycles. The Labute approximate surface area is 125 Å². The fraction of sp³-hybridized carbons (Fsp3) is 0.588. The van der Waals surface area contributed by atoms with E-state index < -0.39 is 0 Å². The number of benzene rings is 1. The molecule has 0 spiro atoms. The van der Waals surface area contributed by atoms with Crippen LogP contribution in [0.3, 0.4) is 0 Å². The molecule has 3 rings (SSSR count). The molecule has 0 aliphatic heterocycles. The van der Waals surface area contributed by atoms with Crippen LogP contribution in [0.5, 0.6) is 0 Å². The number of hydrogen-bond acceptors (Lipinski definition) is 1. The highest BCUT2D eigenvalue weighted by Gasteiger charge is 2.40. The molecule has 2 fully saturated rings. The highest BCUT2D eigenvalue weighted by Crippen LogP contribution is 2.44. The first-order valence-corrected chi connectivity index (χ1v) is 8.08. The second-order valence-electron chi connectivity index (χ2n) is 6.28. The quantitative estimate of drug-likeness (QED) is 0.509. The Morgan fingerprint density at radius 2 is 1.86 bits per heavy atom. The van der Waals surface area contributed by atoms with Gasteiger partial charge in [0.05, 0.1) is 6.04 Å². The van der Waals surface area contributed by atoms with Crippen LogP contribution in [0.4, 0.5) is 4.39 Å². The van der Waals surface area contributed by atoms with Crippen molar-refractivity contribution in [2.24, 2.45) is 10.7 Å². The molecule has 3 N–H and O–H groups in total. The number of nitrogens with two attached hydrogens (primary N) is 1. The number of nitrogens with zero attached hydrogens (tertiary/aromatic N) is 1. The molecule has 1 aromatic rings. The van der Waals surface area contributed by atoms with Crippen LogP contribution in [-0.4, -0.2) is 18.0 Å². The molecular formula is C17H24FN3. The second kappa shape index (κ2) is 6.46. The molecule has 0 radical (unpaired) electrons. The van der Waals surface area contributed by atoms with E-state index in [0.29, 0.717) is 12.0 Å². The van der Waals surface area contributed by atoms with Crippen molar-refractivity contribution in [3.05, 3.63) is 35.6 Å². The van der Waals surface area contributed by atoms with Gasteiger partial charge in [0.1, 0.15) is 5.82 Å². The summed E-state index contributed by atoms with van der Waals surface area (Å²) >= 11 is 0. The maximum Gasteiger partial charge on any atom is 0.189 e. The molecule has 0 bridgehead atoms. The van der Waals surface area contributed by atoms with Crippen molar-refractivity contribution in [3.63, 3.8) is 0 Å². The van der Waals surface area contributed by atoms with Gasteiger partial charge < -0.3 is 11.1 Å². The number of hydrogen-bond donors (Lipinski definition) is 2. The summed E-state index contributed by atoms with van der Waals surface area (Å²) in [5, 5.41) is 3.35. The molecule has 114 valence electrons. The van der Waals surface area contributed by atoms with Gasteiger partial charge in [-0.1, -0.05) is 43.9 Å². The molecule has 2 unspecified atom stereocenters. The minimum atomic E-state index is -0.129. The van der Waals surface area contributed by atoms with E-state index in [2.05, 4.69) is 10.3 Å². The fourth-order valence-electron chi connectivity index (χ4n) is 3.28. The normalized spacial score (nSPS) is 27.2. The summed E-state index contributed by atoms with van der Waals surface area (Å²) in [6.07, 6.45) is 8.45. The zero-order chi connectivity index (χ0) is 14.7. The molecule has 0 saturated heterocycles. The Morgan fingerprint density at radius 1 is 1.14 bits per heavy atom. The van der Waals surface area contributed by atoms with Gasteiger partial charge in [0.2, 0.25) is 0 Å². The Kier molecular flexibility index (Phi) is 4.42. The third-order valence-electron chi connectivity index (χ3n) is 4.57. The molecular weight excluding hydrogens is 265 g/mol. The molecule has 2 aliphatic carbocycles. The van der Waals surface area contributed by atoms with Crippen molar-refractivity contribution >= 4 is 5.96 Å². The fourth-order valence-corrected chi connectivity index (χ4v) is 3.28. The summed E-state index contributed by atoms with van der Waals surface area (Å²) < 4.78 is 13.7. The monoisotopic (exact) mass is 289 g/mol. The first-order chi connectivity index (χ1) is 10.2. The first kappa shape index (κ1) is 14.4. The number of guanidine groups is 1. The van der Waals surface area contributed by atoms with Crippen LogP contribution in [0, 0.1) is 5.82 Å². The minimum Gasteiger partial charge on any atom is -0.370 e. The average Bonchev–Trinajstić information content (AvgIpc) is 3.24. The van der Waals surface area contributed by atoms with Crippen molar-refractivity contribution in [2.75, 3.05) is 0 Å². The topological polar surface area (TPSA) is 50.4 Å². The maximum atomic E-state index is 13.7. The lowest BCUT2D eigenvalue weighted by molar-refractivity contribution is 0.530. The zero-order valence-electron chi connectivity index (χ0n) is 12.4. The van der Waals surface area contributed by atoms with E-state index in [4.69, 9.17) is 5.73 Å². The van der Waals surface area contributed by atoms with Gasteiger partial charge >= 0.3 is 0 Å². The van der Waals surface area contributed by atoms with Crippen LogP contribution in [-0.2, 0) is 0 Å². The third kappa shape index (κ3) is 3.74. The van der Waals surface area contributed by atoms with Gasteiger partial charge in [0, 0.05) is 12.0 Å². The Balaban J connectivity index is 1.55. The van der Waals surface area contributed by atoms with E-state index in [1.807, 2.05) is 12.1 Å². The lowest BCUT2D eigenvalue weighted by atomic mass is 10.1. The Bertz CT molecular complexity index is 507. The minimum absolute atomic E-state index is 0.129. The predicted molar refractivity (Wildman–Crippen MR) is 83.8 cm³/mol. The van der Waals surface area contributed by atoms with Crippen molar-refractivity contribution < 1.29 is 4.39 Å². The van der Waals surface area contributed by atoms with Crippen LogP contribution >= 0.6 is 0 Å². The number of rotatable bonds is 3. The van der Waals surface area contributed by atoms with Crippen LogP contribution in [0.15, 0.2) is 29.3 Å². The molecule has 2 saturated carbocycles. The standard InChI is InChI=1S/C17H24FN3/c18-15-10-6-5-9-13(15)14-11-16(14)21-17(19)20-12-7-3-1-2-4-8-12/h5-6,9-10,12,14,16H,1-4,7-8,11H2,(H3,19,20,21). The molecule has 3 nitrogen and oxygen atoms in total. The van der Waals surface area contributed by atoms with E-state index in [1.165, 1.54) is 44.6 Å². The van der Waals surface area contributed by atoms with Gasteiger partial charge in [-0.05, 0) is 30.9 Å². The lowest BCUT2D eigenvalue weighted by Gasteiger charge is -2.16. The van der Waals surface area contributed by atoms with Gasteiger partial charge in [0.15, 0.2) is 5.96 Å². The van der Waals surface area contributed by atoms with Crippen LogP contribution < -0.4 is 11.1 Å². The smallest absolute Gasteiger partial charge is 0.189 e. The highest BCUT2D eigenvalue weighted by molar-refractivity contribution is 5.78. The van der Waals surface area contributed by atoms with Crippen molar-refractivity contribution in [1.82, 2.24) is 5.32 Å². The van der Waals surface area contributed by atoms with Crippen molar-refractivity contribution in [1.29, 1.82) is 0 Å². The number of nitrogens with one attached hydrogen (secondary N) is 1. The number of aliphatic imine (C=N–C) groups is 1. The summed E-state index contributed by atoms with van der Waals surface area (Å²) in [5.74, 6) is 0.599. The first-order valence-electron chi connectivity index (χ1n) is 8.08. The van der Waals surface area contributed by atoms with Gasteiger partial charge in [-0.3, -0.25) is 0 Å². The van der Waals surface area contributed by atoms with E-state index >= 15 is 0 Å². The van der Waals surface area contributed by atoms with E-state index in [-0.39, 0.29) is 17.8 Å². The molecule has 2 aliphatic rings. The summed E-state index contributed by atoms with van der Waals surface area (Å²) in [7, 11) is 0. The largest absolute Gasteiger partial charge is 0.370 e. The van der Waals surface area contributed by atoms with Gasteiger partial charge in [0.25, 0.3) is 0 Å². The molecule has 0 amide bonds.